The van der Waals surface area contributed by atoms with E-state index in [2.05, 4.69) is 9.72 Å². The van der Waals surface area contributed by atoms with E-state index in [1.54, 1.807) is 45.2 Å². The standard InChI is InChI=1S/C6H3F3I2N2O/c7-6(8,9)14-2-1-3(10)13-5(12)4(2)11/h1H,(H2,12,13). The lowest BCUT2D eigenvalue weighted by Gasteiger charge is -2.11. The van der Waals surface area contributed by atoms with Gasteiger partial charge in [-0.3, -0.25) is 0 Å². The number of nitrogen functional groups attached to an aromatic ring is 1. The quantitative estimate of drug-likeness (QED) is 0.551. The van der Waals surface area contributed by atoms with E-state index in [0.29, 0.717) is 3.70 Å². The Balaban J connectivity index is 3.09. The first-order valence-corrected chi connectivity index (χ1v) is 5.32. The van der Waals surface area contributed by atoms with Gasteiger partial charge in [0.15, 0.2) is 0 Å². The highest BCUT2D eigenvalue weighted by Crippen LogP contribution is 2.31. The van der Waals surface area contributed by atoms with Crippen molar-refractivity contribution in [2.45, 2.75) is 6.36 Å². The Morgan fingerprint density at radius 3 is 2.43 bits per heavy atom. The lowest BCUT2D eigenvalue weighted by Crippen LogP contribution is -2.18. The fourth-order valence-electron chi connectivity index (χ4n) is 0.693. The topological polar surface area (TPSA) is 48.1 Å². The summed E-state index contributed by atoms with van der Waals surface area (Å²) in [6, 6.07) is 1.17. The number of aromatic nitrogens is 1. The van der Waals surface area contributed by atoms with Crippen LogP contribution in [-0.4, -0.2) is 11.3 Å². The van der Waals surface area contributed by atoms with Crippen LogP contribution in [0.4, 0.5) is 19.0 Å². The molecule has 78 valence electrons. The van der Waals surface area contributed by atoms with Crippen LogP contribution < -0.4 is 10.5 Å². The second-order valence-corrected chi connectivity index (χ2v) is 4.37. The number of halogens is 5. The minimum atomic E-state index is -4.71. The molecule has 1 rings (SSSR count). The first-order valence-electron chi connectivity index (χ1n) is 3.17. The van der Waals surface area contributed by atoms with Gasteiger partial charge >= 0.3 is 6.36 Å². The highest BCUT2D eigenvalue weighted by atomic mass is 127. The van der Waals surface area contributed by atoms with E-state index in [1.807, 2.05) is 0 Å². The number of ether oxygens (including phenoxy) is 1. The number of rotatable bonds is 1. The molecule has 0 saturated heterocycles. The van der Waals surface area contributed by atoms with E-state index in [1.165, 1.54) is 6.07 Å². The molecule has 1 heterocycles. The summed E-state index contributed by atoms with van der Waals surface area (Å²) in [5.74, 6) is -0.299. The van der Waals surface area contributed by atoms with E-state index in [0.717, 1.165) is 0 Å². The van der Waals surface area contributed by atoms with E-state index >= 15 is 0 Å². The molecular formula is C6H3F3I2N2O. The van der Waals surface area contributed by atoms with Crippen molar-refractivity contribution in [3.8, 4) is 5.75 Å². The highest BCUT2D eigenvalue weighted by Gasteiger charge is 2.32. The molecule has 3 nitrogen and oxygen atoms in total. The minimum Gasteiger partial charge on any atom is -0.404 e. The lowest BCUT2D eigenvalue weighted by molar-refractivity contribution is -0.274. The largest absolute Gasteiger partial charge is 0.573 e. The zero-order valence-electron chi connectivity index (χ0n) is 6.40. The van der Waals surface area contributed by atoms with Gasteiger partial charge in [0.1, 0.15) is 15.3 Å². The molecule has 0 aliphatic carbocycles. The number of nitrogens with zero attached hydrogens (tertiary/aromatic N) is 1. The van der Waals surface area contributed by atoms with Crippen LogP contribution in [0.25, 0.3) is 0 Å². The summed E-state index contributed by atoms with van der Waals surface area (Å²) in [4.78, 5) is 3.77. The van der Waals surface area contributed by atoms with Gasteiger partial charge in [0, 0.05) is 6.07 Å². The van der Waals surface area contributed by atoms with Crippen molar-refractivity contribution in [1.29, 1.82) is 0 Å². The molecule has 0 aliphatic heterocycles. The predicted molar refractivity (Wildman–Crippen MR) is 60.8 cm³/mol. The number of hydrogen-bond donors (Lipinski definition) is 1. The summed E-state index contributed by atoms with van der Waals surface area (Å²) in [7, 11) is 0. The molecule has 0 bridgehead atoms. The number of hydrogen-bond acceptors (Lipinski definition) is 3. The second-order valence-electron chi connectivity index (χ2n) is 2.19. The summed E-state index contributed by atoms with van der Waals surface area (Å²) in [5, 5.41) is 0. The molecule has 0 unspecified atom stereocenters. The van der Waals surface area contributed by atoms with Crippen LogP contribution in [0.3, 0.4) is 0 Å². The van der Waals surface area contributed by atoms with Crippen LogP contribution in [0.1, 0.15) is 0 Å². The Bertz CT molecular complexity index is 356. The molecule has 14 heavy (non-hydrogen) atoms. The van der Waals surface area contributed by atoms with Gasteiger partial charge in [-0.1, -0.05) is 0 Å². The molecule has 0 fully saturated rings. The second kappa shape index (κ2) is 4.24. The molecule has 1 aromatic heterocycles. The Kier molecular flexibility index (Phi) is 3.66. The van der Waals surface area contributed by atoms with Crippen LogP contribution in [0, 0.1) is 7.27 Å². The molecular weight excluding hydrogens is 427 g/mol. The van der Waals surface area contributed by atoms with Crippen molar-refractivity contribution in [1.82, 2.24) is 4.98 Å². The van der Waals surface area contributed by atoms with Gasteiger partial charge in [-0.05, 0) is 45.2 Å². The van der Waals surface area contributed by atoms with E-state index in [4.69, 9.17) is 5.73 Å². The fourth-order valence-corrected chi connectivity index (χ4v) is 1.62. The average Bonchev–Trinajstić information content (AvgIpc) is 1.96. The number of nitrogens with two attached hydrogens (primary N) is 1. The van der Waals surface area contributed by atoms with Crippen LogP contribution in [0.2, 0.25) is 0 Å². The number of anilines is 1. The average molecular weight is 430 g/mol. The molecule has 0 atom stereocenters. The van der Waals surface area contributed by atoms with Gasteiger partial charge in [0.05, 0.1) is 3.57 Å². The summed E-state index contributed by atoms with van der Waals surface area (Å²) in [5.41, 5.74) is 5.37. The maximum Gasteiger partial charge on any atom is 0.573 e. The van der Waals surface area contributed by atoms with Gasteiger partial charge in [-0.2, -0.15) is 0 Å². The normalized spacial score (nSPS) is 11.5. The SMILES string of the molecule is Nc1nc(I)cc(OC(F)(F)F)c1I. The Morgan fingerprint density at radius 2 is 1.93 bits per heavy atom. The third kappa shape index (κ3) is 3.29. The van der Waals surface area contributed by atoms with E-state index in [9.17, 15) is 13.2 Å². The van der Waals surface area contributed by atoms with Crippen LogP contribution in [-0.2, 0) is 0 Å². The number of alkyl halides is 3. The van der Waals surface area contributed by atoms with Crippen molar-refractivity contribution in [2.24, 2.45) is 0 Å². The highest BCUT2D eigenvalue weighted by molar-refractivity contribution is 14.1. The van der Waals surface area contributed by atoms with Crippen molar-refractivity contribution < 1.29 is 17.9 Å². The van der Waals surface area contributed by atoms with Crippen molar-refractivity contribution >= 4 is 51.0 Å². The van der Waals surface area contributed by atoms with E-state index in [-0.39, 0.29) is 15.1 Å². The molecule has 1 aromatic rings. The Morgan fingerprint density at radius 1 is 1.36 bits per heavy atom. The molecule has 0 radical (unpaired) electrons. The zero-order valence-corrected chi connectivity index (χ0v) is 10.7. The smallest absolute Gasteiger partial charge is 0.404 e. The summed E-state index contributed by atoms with van der Waals surface area (Å²) in [6.45, 7) is 0. The number of pyridine rings is 1. The summed E-state index contributed by atoms with van der Waals surface area (Å²) < 4.78 is 39.9. The monoisotopic (exact) mass is 430 g/mol. The molecule has 0 aliphatic rings. The van der Waals surface area contributed by atoms with Gasteiger partial charge in [-0.25, -0.2) is 4.98 Å². The van der Waals surface area contributed by atoms with Gasteiger partial charge in [0.25, 0.3) is 0 Å². The predicted octanol–water partition coefficient (Wildman–Crippen LogP) is 2.77. The Labute approximate surface area is 104 Å². The maximum atomic E-state index is 11.9. The lowest BCUT2D eigenvalue weighted by atomic mass is 10.4. The molecule has 8 heteroatoms. The Hall–Kier alpha value is -0.000000000000000111. The molecule has 0 spiro atoms. The molecule has 0 saturated carbocycles. The van der Waals surface area contributed by atoms with Gasteiger partial charge < -0.3 is 10.5 Å². The van der Waals surface area contributed by atoms with Crippen molar-refractivity contribution in [2.75, 3.05) is 5.73 Å². The van der Waals surface area contributed by atoms with Gasteiger partial charge in [-0.15, -0.1) is 13.2 Å². The van der Waals surface area contributed by atoms with Crippen molar-refractivity contribution in [3.05, 3.63) is 13.3 Å². The molecule has 0 aromatic carbocycles. The van der Waals surface area contributed by atoms with E-state index < -0.39 is 6.36 Å². The van der Waals surface area contributed by atoms with Crippen molar-refractivity contribution in [3.63, 3.8) is 0 Å². The third-order valence-corrected chi connectivity index (χ3v) is 2.78. The summed E-state index contributed by atoms with van der Waals surface area (Å²) in [6.07, 6.45) is -4.71. The summed E-state index contributed by atoms with van der Waals surface area (Å²) >= 11 is 3.40. The van der Waals surface area contributed by atoms with Crippen LogP contribution in [0.5, 0.6) is 5.75 Å². The minimum absolute atomic E-state index is 0.0248. The third-order valence-electron chi connectivity index (χ3n) is 1.14. The fraction of sp³-hybridized carbons (Fsp3) is 0.167. The zero-order chi connectivity index (χ0) is 10.9. The van der Waals surface area contributed by atoms with Gasteiger partial charge in [0.2, 0.25) is 0 Å². The first kappa shape index (κ1) is 12.1. The van der Waals surface area contributed by atoms with Crippen LogP contribution >= 0.6 is 45.2 Å². The van der Waals surface area contributed by atoms with Crippen LogP contribution in [0.15, 0.2) is 6.07 Å². The first-order chi connectivity index (χ1) is 6.29. The maximum absolute atomic E-state index is 11.9. The molecule has 2 N–H and O–H groups in total. The molecule has 0 amide bonds.